The van der Waals surface area contributed by atoms with E-state index < -0.39 is 10.0 Å². The molecule has 0 saturated carbocycles. The number of carbonyl (C=O) groups excluding carboxylic acids is 1. The normalized spacial score (nSPS) is 11.0. The first-order valence-corrected chi connectivity index (χ1v) is 8.77. The Balaban J connectivity index is 2.40. The quantitative estimate of drug-likeness (QED) is 0.870. The predicted octanol–water partition coefficient (Wildman–Crippen LogP) is 3.07. The van der Waals surface area contributed by atoms with E-state index in [-0.39, 0.29) is 16.5 Å². The van der Waals surface area contributed by atoms with Crippen LogP contribution in [0.4, 0.5) is 11.4 Å². The number of hydrogen-bond donors (Lipinski definition) is 2. The van der Waals surface area contributed by atoms with Gasteiger partial charge in [-0.25, -0.2) is 8.42 Å². The van der Waals surface area contributed by atoms with E-state index in [1.54, 1.807) is 30.3 Å². The molecule has 0 spiro atoms. The van der Waals surface area contributed by atoms with Gasteiger partial charge in [-0.3, -0.25) is 9.52 Å². The number of rotatable bonds is 5. The van der Waals surface area contributed by atoms with Gasteiger partial charge in [-0.1, -0.05) is 6.07 Å². The number of aryl methyl sites for hydroxylation is 2. The molecule has 2 N–H and O–H groups in total. The molecule has 0 bridgehead atoms. The molecule has 2 aromatic carbocycles. The highest BCUT2D eigenvalue weighted by atomic mass is 32.2. The van der Waals surface area contributed by atoms with Crippen LogP contribution in [0.5, 0.6) is 5.75 Å². The highest BCUT2D eigenvalue weighted by Crippen LogP contribution is 2.30. The van der Waals surface area contributed by atoms with Crippen molar-refractivity contribution in [3.63, 3.8) is 0 Å². The molecule has 2 aromatic rings. The highest BCUT2D eigenvalue weighted by molar-refractivity contribution is 7.92. The lowest BCUT2D eigenvalue weighted by atomic mass is 10.1. The Morgan fingerprint density at radius 1 is 1.04 bits per heavy atom. The molecule has 0 saturated heterocycles. The third-order valence-corrected chi connectivity index (χ3v) is 4.92. The van der Waals surface area contributed by atoms with Crippen molar-refractivity contribution in [3.8, 4) is 5.75 Å². The second-order valence-corrected chi connectivity index (χ2v) is 7.13. The van der Waals surface area contributed by atoms with Gasteiger partial charge in [-0.05, 0) is 55.3 Å². The van der Waals surface area contributed by atoms with Crippen molar-refractivity contribution in [1.29, 1.82) is 0 Å². The molecule has 0 aliphatic heterocycles. The minimum Gasteiger partial charge on any atom is -0.495 e. The summed E-state index contributed by atoms with van der Waals surface area (Å²) in [5.74, 6) is 0.111. The van der Waals surface area contributed by atoms with Crippen LogP contribution < -0.4 is 14.8 Å². The Bertz CT molecular complexity index is 876. The number of amides is 1. The van der Waals surface area contributed by atoms with Gasteiger partial charge in [-0.15, -0.1) is 0 Å². The third-order valence-electron chi connectivity index (χ3n) is 3.55. The first-order valence-electron chi connectivity index (χ1n) is 7.28. The maximum atomic E-state index is 12.6. The summed E-state index contributed by atoms with van der Waals surface area (Å²) in [6, 6.07) is 9.65. The zero-order chi connectivity index (χ0) is 17.9. The van der Waals surface area contributed by atoms with Crippen LogP contribution in [0.25, 0.3) is 0 Å². The SMILES string of the molecule is COc1ccc(NC(C)=O)cc1NS(=O)(=O)c1ccc(C)c(C)c1. The van der Waals surface area contributed by atoms with E-state index in [9.17, 15) is 13.2 Å². The fraction of sp³-hybridized carbons (Fsp3) is 0.235. The number of benzene rings is 2. The van der Waals surface area contributed by atoms with Gasteiger partial charge in [0.05, 0.1) is 17.7 Å². The van der Waals surface area contributed by atoms with Crippen LogP contribution in [-0.4, -0.2) is 21.4 Å². The summed E-state index contributed by atoms with van der Waals surface area (Å²) in [4.78, 5) is 11.3. The number of hydrogen-bond acceptors (Lipinski definition) is 4. The molecule has 0 aromatic heterocycles. The van der Waals surface area contributed by atoms with Crippen LogP contribution in [-0.2, 0) is 14.8 Å². The van der Waals surface area contributed by atoms with E-state index in [2.05, 4.69) is 10.0 Å². The van der Waals surface area contributed by atoms with Crippen molar-refractivity contribution in [3.05, 3.63) is 47.5 Å². The molecule has 2 rings (SSSR count). The second-order valence-electron chi connectivity index (χ2n) is 5.45. The molecule has 0 aliphatic rings. The summed E-state index contributed by atoms with van der Waals surface area (Å²) in [5, 5.41) is 2.61. The van der Waals surface area contributed by atoms with Crippen molar-refractivity contribution in [2.24, 2.45) is 0 Å². The Kier molecular flexibility index (Phi) is 5.14. The summed E-state index contributed by atoms with van der Waals surface area (Å²) in [5.41, 5.74) is 2.62. The molecule has 0 heterocycles. The molecule has 24 heavy (non-hydrogen) atoms. The first kappa shape index (κ1) is 17.8. The lowest BCUT2D eigenvalue weighted by molar-refractivity contribution is -0.114. The number of carbonyl (C=O) groups is 1. The summed E-state index contributed by atoms with van der Waals surface area (Å²) in [7, 11) is -2.33. The Labute approximate surface area is 141 Å². The standard InChI is InChI=1S/C17H20N2O4S/c1-11-5-7-15(9-12(11)2)24(21,22)19-16-10-14(18-13(3)20)6-8-17(16)23-4/h5-10,19H,1-4H3,(H,18,20). The number of sulfonamides is 1. The molecule has 0 aliphatic carbocycles. The summed E-state index contributed by atoms with van der Waals surface area (Å²) < 4.78 is 32.9. The van der Waals surface area contributed by atoms with Crippen molar-refractivity contribution in [2.75, 3.05) is 17.1 Å². The monoisotopic (exact) mass is 348 g/mol. The molecular formula is C17H20N2O4S. The second kappa shape index (κ2) is 6.92. The third kappa shape index (κ3) is 4.05. The Hall–Kier alpha value is -2.54. The Morgan fingerprint density at radius 3 is 2.33 bits per heavy atom. The van der Waals surface area contributed by atoms with Crippen LogP contribution in [0.1, 0.15) is 18.1 Å². The van der Waals surface area contributed by atoms with Crippen LogP contribution in [0.15, 0.2) is 41.3 Å². The van der Waals surface area contributed by atoms with Crippen molar-refractivity contribution in [1.82, 2.24) is 0 Å². The molecule has 128 valence electrons. The van der Waals surface area contributed by atoms with Crippen molar-refractivity contribution >= 4 is 27.3 Å². The van der Waals surface area contributed by atoms with Gasteiger partial charge < -0.3 is 10.1 Å². The van der Waals surface area contributed by atoms with E-state index in [1.165, 1.54) is 20.1 Å². The number of ether oxygens (including phenoxy) is 1. The van der Waals surface area contributed by atoms with E-state index in [0.29, 0.717) is 11.4 Å². The highest BCUT2D eigenvalue weighted by Gasteiger charge is 2.17. The van der Waals surface area contributed by atoms with Gasteiger partial charge in [0.15, 0.2) is 0 Å². The van der Waals surface area contributed by atoms with Crippen molar-refractivity contribution < 1.29 is 17.9 Å². The number of methoxy groups -OCH3 is 1. The predicted molar refractivity (Wildman–Crippen MR) is 94.0 cm³/mol. The number of nitrogens with one attached hydrogen (secondary N) is 2. The molecule has 0 unspecified atom stereocenters. The first-order chi connectivity index (χ1) is 11.2. The zero-order valence-electron chi connectivity index (χ0n) is 14.0. The maximum absolute atomic E-state index is 12.6. The van der Waals surface area contributed by atoms with E-state index in [0.717, 1.165) is 11.1 Å². The Morgan fingerprint density at radius 2 is 1.75 bits per heavy atom. The molecule has 7 heteroatoms. The van der Waals surface area contributed by atoms with Gasteiger partial charge in [-0.2, -0.15) is 0 Å². The lowest BCUT2D eigenvalue weighted by Gasteiger charge is -2.14. The number of anilines is 2. The zero-order valence-corrected chi connectivity index (χ0v) is 14.8. The fourth-order valence-electron chi connectivity index (χ4n) is 2.15. The van der Waals surface area contributed by atoms with Gasteiger partial charge in [0, 0.05) is 12.6 Å². The molecule has 1 amide bonds. The van der Waals surface area contributed by atoms with Gasteiger partial charge in [0.25, 0.3) is 10.0 Å². The minimum absolute atomic E-state index is 0.164. The average molecular weight is 348 g/mol. The van der Waals surface area contributed by atoms with Gasteiger partial charge in [0.1, 0.15) is 5.75 Å². The average Bonchev–Trinajstić information content (AvgIpc) is 2.49. The summed E-state index contributed by atoms with van der Waals surface area (Å²) in [6.07, 6.45) is 0. The van der Waals surface area contributed by atoms with Crippen LogP contribution >= 0.6 is 0 Å². The summed E-state index contributed by atoms with van der Waals surface area (Å²) >= 11 is 0. The lowest BCUT2D eigenvalue weighted by Crippen LogP contribution is -2.14. The fourth-order valence-corrected chi connectivity index (χ4v) is 3.30. The molecule has 6 nitrogen and oxygen atoms in total. The van der Waals surface area contributed by atoms with Crippen LogP contribution in [0, 0.1) is 13.8 Å². The van der Waals surface area contributed by atoms with Crippen LogP contribution in [0.2, 0.25) is 0 Å². The minimum atomic E-state index is -3.77. The van der Waals surface area contributed by atoms with Crippen molar-refractivity contribution in [2.45, 2.75) is 25.7 Å². The molecular weight excluding hydrogens is 328 g/mol. The largest absolute Gasteiger partial charge is 0.495 e. The molecule has 0 radical (unpaired) electrons. The van der Waals surface area contributed by atoms with E-state index in [1.807, 2.05) is 13.8 Å². The van der Waals surface area contributed by atoms with E-state index in [4.69, 9.17) is 4.74 Å². The molecule has 0 fully saturated rings. The topological polar surface area (TPSA) is 84.5 Å². The van der Waals surface area contributed by atoms with Crippen LogP contribution in [0.3, 0.4) is 0 Å². The summed E-state index contributed by atoms with van der Waals surface area (Å²) in [6.45, 7) is 5.15. The van der Waals surface area contributed by atoms with Gasteiger partial charge in [0.2, 0.25) is 5.91 Å². The van der Waals surface area contributed by atoms with Gasteiger partial charge >= 0.3 is 0 Å². The smallest absolute Gasteiger partial charge is 0.262 e. The maximum Gasteiger partial charge on any atom is 0.262 e. The van der Waals surface area contributed by atoms with E-state index >= 15 is 0 Å². The molecule has 0 atom stereocenters.